The lowest BCUT2D eigenvalue weighted by Crippen LogP contribution is -2.39. The van der Waals surface area contributed by atoms with E-state index in [4.69, 9.17) is 4.84 Å². The minimum Gasteiger partial charge on any atom is -0.338 e. The molecule has 0 saturated carbocycles. The number of rotatable bonds is 17. The lowest BCUT2D eigenvalue weighted by molar-refractivity contribution is -0.384. The van der Waals surface area contributed by atoms with E-state index in [1.807, 2.05) is 13.0 Å². The minimum absolute atomic E-state index is 0.0512. The zero-order valence-corrected chi connectivity index (χ0v) is 30.4. The highest BCUT2D eigenvalue weighted by Gasteiger charge is 2.43. The molecule has 0 spiro atoms. The monoisotopic (exact) mass is 681 g/mol. The zero-order valence-electron chi connectivity index (χ0n) is 30.4. The lowest BCUT2D eigenvalue weighted by atomic mass is 9.70. The fourth-order valence-electron chi connectivity index (χ4n) is 7.39. The normalized spacial score (nSPS) is 13.7. The first-order valence-electron chi connectivity index (χ1n) is 18.0. The molecule has 9 nitrogen and oxygen atoms in total. The van der Waals surface area contributed by atoms with Gasteiger partial charge < -0.3 is 4.84 Å². The number of hydrogen-bond donors (Lipinski definition) is 0. The van der Waals surface area contributed by atoms with Gasteiger partial charge in [-0.15, -0.1) is 0 Å². The number of aliphatic imine (C=N–C) groups is 1. The fraction of sp³-hybridized carbons (Fsp3) is 0.463. The first-order chi connectivity index (χ1) is 24.0. The molecule has 1 aliphatic rings. The van der Waals surface area contributed by atoms with Crippen molar-refractivity contribution >= 4 is 29.1 Å². The Kier molecular flexibility index (Phi) is 13.2. The van der Waals surface area contributed by atoms with Crippen LogP contribution >= 0.6 is 0 Å². The molecule has 0 heterocycles. The topological polar surface area (TPSA) is 119 Å². The SMILES string of the molecule is CCCCCCC1(CCCCCC)c2cc(C(=O)c3ccc([N+](=O)[O-])cc3)ccc2-c2ccc(C(CC(C)N(OC(C)=O)C(C)=O)=NC)cc21. The summed E-state index contributed by atoms with van der Waals surface area (Å²) in [5, 5.41) is 12.3. The molecule has 0 aliphatic heterocycles. The molecule has 0 saturated heterocycles. The van der Waals surface area contributed by atoms with Crippen LogP contribution in [0, 0.1) is 10.1 Å². The van der Waals surface area contributed by atoms with Gasteiger partial charge in [-0.05, 0) is 71.8 Å². The van der Waals surface area contributed by atoms with Crippen LogP contribution in [-0.2, 0) is 19.8 Å². The van der Waals surface area contributed by atoms with Gasteiger partial charge in [0.05, 0.1) is 11.0 Å². The highest BCUT2D eigenvalue weighted by Crippen LogP contribution is 2.55. The number of carbonyl (C=O) groups is 3. The largest absolute Gasteiger partial charge is 0.338 e. The van der Waals surface area contributed by atoms with Gasteiger partial charge in [0.2, 0.25) is 0 Å². The van der Waals surface area contributed by atoms with Crippen molar-refractivity contribution in [1.82, 2.24) is 5.06 Å². The summed E-state index contributed by atoms with van der Waals surface area (Å²) in [6.45, 7) is 8.92. The molecule has 1 atom stereocenters. The number of ketones is 1. The van der Waals surface area contributed by atoms with E-state index in [0.29, 0.717) is 17.5 Å². The summed E-state index contributed by atoms with van der Waals surface area (Å²) in [6.07, 6.45) is 11.2. The number of non-ortho nitro benzene ring substituents is 1. The molecule has 0 fully saturated rings. The van der Waals surface area contributed by atoms with E-state index in [9.17, 15) is 24.5 Å². The molecule has 9 heteroatoms. The van der Waals surface area contributed by atoms with Crippen LogP contribution in [0.3, 0.4) is 0 Å². The predicted octanol–water partition coefficient (Wildman–Crippen LogP) is 9.56. The minimum atomic E-state index is -0.556. The Bertz CT molecular complexity index is 1720. The van der Waals surface area contributed by atoms with Gasteiger partial charge in [0, 0.05) is 61.7 Å². The van der Waals surface area contributed by atoms with E-state index >= 15 is 0 Å². The average molecular weight is 682 g/mol. The summed E-state index contributed by atoms with van der Waals surface area (Å²) in [7, 11) is 1.74. The molecule has 0 radical (unpaired) electrons. The molecule has 0 bridgehead atoms. The van der Waals surface area contributed by atoms with Gasteiger partial charge in [-0.3, -0.25) is 29.5 Å². The summed E-state index contributed by atoms with van der Waals surface area (Å²) in [5.41, 5.74) is 7.03. The summed E-state index contributed by atoms with van der Waals surface area (Å²) in [4.78, 5) is 58.6. The van der Waals surface area contributed by atoms with Gasteiger partial charge >= 0.3 is 5.97 Å². The molecular formula is C41H51N3O6. The highest BCUT2D eigenvalue weighted by molar-refractivity contribution is 6.10. The van der Waals surface area contributed by atoms with Crippen molar-refractivity contribution in [2.45, 2.75) is 117 Å². The Morgan fingerprint density at radius 3 is 1.80 bits per heavy atom. The Hall–Kier alpha value is -4.66. The maximum absolute atomic E-state index is 13.8. The van der Waals surface area contributed by atoms with Crippen molar-refractivity contribution in [3.63, 3.8) is 0 Å². The maximum atomic E-state index is 13.8. The van der Waals surface area contributed by atoms with Gasteiger partial charge in [-0.1, -0.05) is 89.5 Å². The van der Waals surface area contributed by atoms with Crippen LogP contribution in [0.5, 0.6) is 0 Å². The standard InChI is InChI=1S/C41H51N3O6/c1-7-9-11-13-23-41(24-14-12-10-8-2)37-26-32(39(42-6)25-28(3)43(29(4)45)50-30(5)46)17-21-35(37)36-22-18-33(27-38(36)41)40(47)31-15-19-34(20-16-31)44(48)49/h15-22,26-28H,7-14,23-25H2,1-6H3. The number of nitro groups is 1. The third kappa shape index (κ3) is 8.55. The van der Waals surface area contributed by atoms with Crippen molar-refractivity contribution in [1.29, 1.82) is 0 Å². The molecule has 3 aromatic carbocycles. The Balaban J connectivity index is 1.82. The van der Waals surface area contributed by atoms with E-state index in [-0.39, 0.29) is 22.8 Å². The van der Waals surface area contributed by atoms with Crippen molar-refractivity contribution in [2.75, 3.05) is 7.05 Å². The number of hydroxylamine groups is 2. The van der Waals surface area contributed by atoms with Crippen LogP contribution in [0.2, 0.25) is 0 Å². The van der Waals surface area contributed by atoms with Crippen LogP contribution in [0.15, 0.2) is 65.7 Å². The number of carbonyl (C=O) groups excluding carboxylic acids is 3. The average Bonchev–Trinajstić information content (AvgIpc) is 3.37. The Labute approximate surface area is 296 Å². The number of nitrogens with zero attached hydrogens (tertiary/aromatic N) is 3. The quantitative estimate of drug-likeness (QED) is 0.0460. The first-order valence-corrected chi connectivity index (χ1v) is 18.0. The van der Waals surface area contributed by atoms with E-state index < -0.39 is 16.9 Å². The molecule has 1 unspecified atom stereocenters. The highest BCUT2D eigenvalue weighted by atomic mass is 16.7. The molecule has 0 N–H and O–H groups in total. The van der Waals surface area contributed by atoms with Crippen molar-refractivity contribution in [3.8, 4) is 11.1 Å². The summed E-state index contributed by atoms with van der Waals surface area (Å²) in [5.74, 6) is -1.08. The second-order valence-electron chi connectivity index (χ2n) is 13.5. The van der Waals surface area contributed by atoms with Gasteiger partial charge in [-0.25, -0.2) is 0 Å². The fourth-order valence-corrected chi connectivity index (χ4v) is 7.39. The smallest absolute Gasteiger partial charge is 0.329 e. The third-order valence-electron chi connectivity index (χ3n) is 9.91. The van der Waals surface area contributed by atoms with E-state index in [2.05, 4.69) is 49.2 Å². The predicted molar refractivity (Wildman–Crippen MR) is 198 cm³/mol. The van der Waals surface area contributed by atoms with Crippen LogP contribution in [0.25, 0.3) is 11.1 Å². The Morgan fingerprint density at radius 1 is 0.800 bits per heavy atom. The second kappa shape index (κ2) is 17.3. The molecule has 266 valence electrons. The van der Waals surface area contributed by atoms with Crippen molar-refractivity contribution in [3.05, 3.63) is 98.6 Å². The summed E-state index contributed by atoms with van der Waals surface area (Å²) >= 11 is 0. The lowest BCUT2D eigenvalue weighted by Gasteiger charge is -2.33. The zero-order chi connectivity index (χ0) is 36.4. The van der Waals surface area contributed by atoms with Gasteiger partial charge in [0.15, 0.2) is 5.78 Å². The molecule has 3 aromatic rings. The summed E-state index contributed by atoms with van der Waals surface area (Å²) in [6, 6.07) is 17.9. The van der Waals surface area contributed by atoms with Crippen LogP contribution < -0.4 is 0 Å². The number of nitro benzene ring substituents is 1. The van der Waals surface area contributed by atoms with Crippen LogP contribution in [0.4, 0.5) is 5.69 Å². The van der Waals surface area contributed by atoms with Crippen molar-refractivity contribution < 1.29 is 24.1 Å². The van der Waals surface area contributed by atoms with E-state index in [1.165, 1.54) is 43.7 Å². The maximum Gasteiger partial charge on any atom is 0.329 e. The molecular weight excluding hydrogens is 630 g/mol. The first kappa shape index (κ1) is 38.1. The number of hydrogen-bond acceptors (Lipinski definition) is 7. The van der Waals surface area contributed by atoms with E-state index in [0.717, 1.165) is 97.2 Å². The molecule has 0 aromatic heterocycles. The van der Waals surface area contributed by atoms with Gasteiger partial charge in [0.25, 0.3) is 11.6 Å². The van der Waals surface area contributed by atoms with Crippen molar-refractivity contribution in [2.24, 2.45) is 4.99 Å². The number of unbranched alkanes of at least 4 members (excludes halogenated alkanes) is 6. The van der Waals surface area contributed by atoms with Crippen LogP contribution in [-0.4, -0.2) is 46.4 Å². The van der Waals surface area contributed by atoms with Gasteiger partial charge in [0.1, 0.15) is 0 Å². The van der Waals surface area contributed by atoms with Crippen LogP contribution in [0.1, 0.15) is 138 Å². The molecule has 4 rings (SSSR count). The number of amides is 1. The van der Waals surface area contributed by atoms with Gasteiger partial charge in [-0.2, -0.15) is 5.06 Å². The molecule has 1 amide bonds. The number of benzene rings is 3. The third-order valence-corrected chi connectivity index (χ3v) is 9.91. The summed E-state index contributed by atoms with van der Waals surface area (Å²) < 4.78 is 0. The van der Waals surface area contributed by atoms with E-state index in [1.54, 1.807) is 7.05 Å². The number of fused-ring (bicyclic) bond motifs is 3. The second-order valence-corrected chi connectivity index (χ2v) is 13.5. The Morgan fingerprint density at radius 2 is 1.32 bits per heavy atom. The molecule has 50 heavy (non-hydrogen) atoms. The molecule has 1 aliphatic carbocycles.